The van der Waals surface area contributed by atoms with Crippen molar-refractivity contribution in [1.29, 1.82) is 0 Å². The first-order valence-corrected chi connectivity index (χ1v) is 18.7. The number of rotatable bonds is 6. The predicted molar refractivity (Wildman–Crippen MR) is 228 cm³/mol. The minimum atomic E-state index is 0.701. The van der Waals surface area contributed by atoms with Crippen molar-refractivity contribution in [3.05, 3.63) is 200 Å². The van der Waals surface area contributed by atoms with Gasteiger partial charge in [0.1, 0.15) is 0 Å². The number of benzene rings is 8. The van der Waals surface area contributed by atoms with Gasteiger partial charge in [0, 0.05) is 16.7 Å². The summed E-state index contributed by atoms with van der Waals surface area (Å²) in [5.41, 5.74) is 12.0. The maximum Gasteiger partial charge on any atom is 0.161 e. The molecule has 2 heteroatoms. The van der Waals surface area contributed by atoms with Gasteiger partial charge in [-0.1, -0.05) is 176 Å². The first-order valence-electron chi connectivity index (χ1n) is 18.7. The maximum absolute atomic E-state index is 5.40. The van der Waals surface area contributed by atoms with Crippen LogP contribution in [0.1, 0.15) is 18.4 Å². The molecule has 0 N–H and O–H groups in total. The Morgan fingerprint density at radius 2 is 0.852 bits per heavy atom. The molecule has 0 radical (unpaired) electrons. The van der Waals surface area contributed by atoms with Crippen LogP contribution in [0.25, 0.3) is 94.0 Å². The van der Waals surface area contributed by atoms with Crippen LogP contribution < -0.4 is 0 Å². The van der Waals surface area contributed by atoms with Crippen LogP contribution in [0.4, 0.5) is 0 Å². The van der Waals surface area contributed by atoms with Crippen LogP contribution in [-0.4, -0.2) is 9.97 Å². The van der Waals surface area contributed by atoms with Crippen molar-refractivity contribution in [3.8, 4) is 56.2 Å². The van der Waals surface area contributed by atoms with E-state index < -0.39 is 0 Å². The SMILES string of the molecule is C1=CC(c2cccc(-c3cc(-c4cccc(-c5ccccc5)c4)nc(-c4ccccc4-c4cccc5c6ccccc6c6ccccc6c45)n3)c2)=CCC1. The summed E-state index contributed by atoms with van der Waals surface area (Å²) in [6.45, 7) is 0. The maximum atomic E-state index is 5.40. The lowest BCUT2D eigenvalue weighted by Crippen LogP contribution is -1.98. The van der Waals surface area contributed by atoms with Crippen LogP contribution in [0.5, 0.6) is 0 Å². The van der Waals surface area contributed by atoms with Crippen LogP contribution in [-0.2, 0) is 0 Å². The number of aromatic nitrogens is 2. The molecule has 0 aliphatic heterocycles. The largest absolute Gasteiger partial charge is 0.228 e. The quantitative estimate of drug-likeness (QED) is 0.163. The zero-order valence-electron chi connectivity index (χ0n) is 29.8. The van der Waals surface area contributed by atoms with Crippen molar-refractivity contribution in [3.63, 3.8) is 0 Å². The zero-order valence-corrected chi connectivity index (χ0v) is 29.8. The minimum absolute atomic E-state index is 0.701. The number of fused-ring (bicyclic) bond motifs is 6. The van der Waals surface area contributed by atoms with Crippen LogP contribution in [0.3, 0.4) is 0 Å². The lowest BCUT2D eigenvalue weighted by Gasteiger charge is -2.17. The highest BCUT2D eigenvalue weighted by Crippen LogP contribution is 2.43. The molecule has 0 spiro atoms. The van der Waals surface area contributed by atoms with E-state index in [1.807, 2.05) is 0 Å². The van der Waals surface area contributed by atoms with Crippen molar-refractivity contribution in [2.75, 3.05) is 0 Å². The fourth-order valence-electron chi connectivity index (χ4n) is 8.13. The Balaban J connectivity index is 1.21. The van der Waals surface area contributed by atoms with E-state index in [1.54, 1.807) is 0 Å². The second-order valence-electron chi connectivity index (χ2n) is 14.0. The van der Waals surface area contributed by atoms with E-state index in [9.17, 15) is 0 Å². The molecule has 0 amide bonds. The molecule has 54 heavy (non-hydrogen) atoms. The summed E-state index contributed by atoms with van der Waals surface area (Å²) in [6.07, 6.45) is 8.98. The highest BCUT2D eigenvalue weighted by Gasteiger charge is 2.19. The van der Waals surface area contributed by atoms with Gasteiger partial charge in [0.2, 0.25) is 0 Å². The molecule has 2 nitrogen and oxygen atoms in total. The molecule has 1 aliphatic carbocycles. The van der Waals surface area contributed by atoms with E-state index in [0.717, 1.165) is 52.0 Å². The van der Waals surface area contributed by atoms with Gasteiger partial charge >= 0.3 is 0 Å². The number of nitrogens with zero attached hydrogens (tertiary/aromatic N) is 2. The Bertz CT molecular complexity index is 2890. The molecule has 1 aromatic heterocycles. The van der Waals surface area contributed by atoms with Gasteiger partial charge in [-0.15, -0.1) is 0 Å². The van der Waals surface area contributed by atoms with Gasteiger partial charge in [-0.05, 0) is 96.7 Å². The van der Waals surface area contributed by atoms with Gasteiger partial charge in [0.25, 0.3) is 0 Å². The highest BCUT2D eigenvalue weighted by atomic mass is 14.9. The molecule has 1 heterocycles. The van der Waals surface area contributed by atoms with Crippen molar-refractivity contribution in [2.24, 2.45) is 0 Å². The molecule has 10 rings (SSSR count). The lowest BCUT2D eigenvalue weighted by atomic mass is 9.88. The third-order valence-electron chi connectivity index (χ3n) is 10.7. The van der Waals surface area contributed by atoms with E-state index in [1.165, 1.54) is 54.6 Å². The normalized spacial score (nSPS) is 12.7. The van der Waals surface area contributed by atoms with Gasteiger partial charge in [-0.25, -0.2) is 9.97 Å². The number of hydrogen-bond acceptors (Lipinski definition) is 2. The van der Waals surface area contributed by atoms with Gasteiger partial charge in [-0.3, -0.25) is 0 Å². The molecule has 254 valence electrons. The summed E-state index contributed by atoms with van der Waals surface area (Å²) in [5, 5.41) is 7.51. The van der Waals surface area contributed by atoms with Crippen LogP contribution in [0.15, 0.2) is 194 Å². The molecule has 9 aromatic rings. The van der Waals surface area contributed by atoms with Gasteiger partial charge in [0.15, 0.2) is 5.82 Å². The average Bonchev–Trinajstić information content (AvgIpc) is 3.27. The summed E-state index contributed by atoms with van der Waals surface area (Å²) in [4.78, 5) is 10.8. The molecule has 0 saturated heterocycles. The molecule has 0 atom stereocenters. The van der Waals surface area contributed by atoms with Crippen LogP contribution in [0.2, 0.25) is 0 Å². The van der Waals surface area contributed by atoms with Crippen LogP contribution >= 0.6 is 0 Å². The van der Waals surface area contributed by atoms with Crippen LogP contribution in [0, 0.1) is 0 Å². The molecule has 0 unspecified atom stereocenters. The molecule has 0 bridgehead atoms. The lowest BCUT2D eigenvalue weighted by molar-refractivity contribution is 1.04. The van der Waals surface area contributed by atoms with Gasteiger partial charge in [-0.2, -0.15) is 0 Å². The fraction of sp³-hybridized carbons (Fsp3) is 0.0385. The monoisotopic (exact) mass is 688 g/mol. The first kappa shape index (κ1) is 31.8. The Kier molecular flexibility index (Phi) is 8.00. The van der Waals surface area contributed by atoms with Crippen molar-refractivity contribution >= 4 is 37.9 Å². The first-order chi connectivity index (χ1) is 26.8. The molecule has 8 aromatic carbocycles. The molecule has 1 aliphatic rings. The number of hydrogen-bond donors (Lipinski definition) is 0. The minimum Gasteiger partial charge on any atom is -0.228 e. The third-order valence-corrected chi connectivity index (χ3v) is 10.7. The molecule has 0 fully saturated rings. The van der Waals surface area contributed by atoms with Crippen molar-refractivity contribution < 1.29 is 0 Å². The molecular formula is C52H36N2. The summed E-state index contributed by atoms with van der Waals surface area (Å²) in [7, 11) is 0. The Morgan fingerprint density at radius 3 is 1.54 bits per heavy atom. The second kappa shape index (κ2) is 13.6. The second-order valence-corrected chi connectivity index (χ2v) is 14.0. The third kappa shape index (κ3) is 5.70. The van der Waals surface area contributed by atoms with Gasteiger partial charge in [0.05, 0.1) is 11.4 Å². The van der Waals surface area contributed by atoms with E-state index in [4.69, 9.17) is 9.97 Å². The van der Waals surface area contributed by atoms with E-state index >= 15 is 0 Å². The standard InChI is InChI=1S/C52H36N2/c1-3-16-35(17-4-1)37-20-13-22-39(32-37)49-34-50(40-23-14-21-38(33-40)36-18-5-2-6-19-36)54-52(53-49)48-29-12-10-27-44(48)47-31-15-30-46-43-25-8-7-24-41(43)42-26-9-11-28-45(42)51(46)47/h1,3-5,7-34H,2,6H2. The van der Waals surface area contributed by atoms with Gasteiger partial charge < -0.3 is 0 Å². The highest BCUT2D eigenvalue weighted by molar-refractivity contribution is 6.28. The zero-order chi connectivity index (χ0) is 35.8. The smallest absolute Gasteiger partial charge is 0.161 e. The summed E-state index contributed by atoms with van der Waals surface area (Å²) < 4.78 is 0. The summed E-state index contributed by atoms with van der Waals surface area (Å²) >= 11 is 0. The topological polar surface area (TPSA) is 25.8 Å². The van der Waals surface area contributed by atoms with Crippen molar-refractivity contribution in [1.82, 2.24) is 9.97 Å². The Morgan fingerprint density at radius 1 is 0.352 bits per heavy atom. The summed E-state index contributed by atoms with van der Waals surface area (Å²) in [6, 6.07) is 63.0. The summed E-state index contributed by atoms with van der Waals surface area (Å²) in [5.74, 6) is 0.701. The fourth-order valence-corrected chi connectivity index (χ4v) is 8.13. The predicted octanol–water partition coefficient (Wildman–Crippen LogP) is 14.0. The van der Waals surface area contributed by atoms with E-state index in [2.05, 4.69) is 194 Å². The Labute approximate surface area is 315 Å². The average molecular weight is 689 g/mol. The van der Waals surface area contributed by atoms with Crippen molar-refractivity contribution in [2.45, 2.75) is 12.8 Å². The number of allylic oxidation sites excluding steroid dienone is 4. The van der Waals surface area contributed by atoms with E-state index in [-0.39, 0.29) is 0 Å². The molecular weight excluding hydrogens is 653 g/mol. The molecule has 0 saturated carbocycles. The Hall–Kier alpha value is -6.90. The van der Waals surface area contributed by atoms with E-state index in [0.29, 0.717) is 5.82 Å².